The molecule has 33 heavy (non-hydrogen) atoms. The predicted octanol–water partition coefficient (Wildman–Crippen LogP) is 5.04. The van der Waals surface area contributed by atoms with Crippen molar-refractivity contribution in [2.45, 2.75) is 32.5 Å². The first-order valence-electron chi connectivity index (χ1n) is 11.1. The largest absolute Gasteiger partial charge is 1.00 e. The SMILES string of the molecule is C[N+](C)(CCCCN(Cc1ccc(Br)cc1)Cc1ccc(Br)cc1)Cc1ccc(Br)cc1.[Br-]. The average molecular weight is 704 g/mol. The maximum absolute atomic E-state index is 3.55. The van der Waals surface area contributed by atoms with Gasteiger partial charge in [-0.2, -0.15) is 0 Å². The smallest absolute Gasteiger partial charge is 0.104 e. The molecule has 0 unspecified atom stereocenters. The maximum Gasteiger partial charge on any atom is 0.104 e. The summed E-state index contributed by atoms with van der Waals surface area (Å²) in [6.07, 6.45) is 2.43. The van der Waals surface area contributed by atoms with Gasteiger partial charge in [0.05, 0.1) is 20.6 Å². The van der Waals surface area contributed by atoms with E-state index in [4.69, 9.17) is 0 Å². The van der Waals surface area contributed by atoms with Crippen molar-refractivity contribution in [2.75, 3.05) is 27.2 Å². The standard InChI is InChI=1S/C27H32Br3N2.BrH/c1-32(2,21-24-9-15-27(30)16-10-24)18-4-3-17-31(19-22-5-11-25(28)12-6-22)20-23-7-13-26(29)14-8-23;/h5-16H,3-4,17-21H2,1-2H3;1H/q+1;/p-1. The summed E-state index contributed by atoms with van der Waals surface area (Å²) >= 11 is 10.6. The minimum absolute atomic E-state index is 0. The van der Waals surface area contributed by atoms with Crippen LogP contribution in [0.25, 0.3) is 0 Å². The number of halogens is 4. The van der Waals surface area contributed by atoms with Gasteiger partial charge in [0, 0.05) is 32.1 Å². The normalized spacial score (nSPS) is 11.5. The van der Waals surface area contributed by atoms with E-state index >= 15 is 0 Å². The molecule has 0 radical (unpaired) electrons. The van der Waals surface area contributed by atoms with Gasteiger partial charge in [-0.05, 0) is 66.9 Å². The molecule has 0 saturated heterocycles. The van der Waals surface area contributed by atoms with Crippen LogP contribution in [0, 0.1) is 0 Å². The van der Waals surface area contributed by atoms with Crippen molar-refractivity contribution in [3.63, 3.8) is 0 Å². The Bertz CT molecular complexity index is 907. The van der Waals surface area contributed by atoms with Crippen LogP contribution < -0.4 is 17.0 Å². The van der Waals surface area contributed by atoms with E-state index in [-0.39, 0.29) is 17.0 Å². The highest BCUT2D eigenvalue weighted by Crippen LogP contribution is 2.18. The second-order valence-electron chi connectivity index (χ2n) is 9.11. The molecule has 2 nitrogen and oxygen atoms in total. The Labute approximate surface area is 235 Å². The monoisotopic (exact) mass is 700 g/mol. The van der Waals surface area contributed by atoms with E-state index in [1.165, 1.54) is 36.1 Å². The van der Waals surface area contributed by atoms with E-state index in [0.717, 1.165) is 44.1 Å². The molecule has 3 rings (SSSR count). The zero-order valence-corrected chi connectivity index (χ0v) is 25.6. The summed E-state index contributed by atoms with van der Waals surface area (Å²) in [6.45, 7) is 5.29. The summed E-state index contributed by atoms with van der Waals surface area (Å²) in [5, 5.41) is 0. The minimum Gasteiger partial charge on any atom is -1.00 e. The van der Waals surface area contributed by atoms with Crippen LogP contribution in [-0.2, 0) is 19.6 Å². The molecule has 0 saturated carbocycles. The highest BCUT2D eigenvalue weighted by Gasteiger charge is 2.16. The number of quaternary nitrogens is 1. The molecule has 3 aromatic carbocycles. The molecule has 0 aliphatic heterocycles. The Morgan fingerprint density at radius 3 is 1.42 bits per heavy atom. The molecule has 6 heteroatoms. The molecule has 0 heterocycles. The van der Waals surface area contributed by atoms with E-state index in [1.807, 2.05) is 0 Å². The highest BCUT2D eigenvalue weighted by molar-refractivity contribution is 9.11. The number of benzene rings is 3. The summed E-state index contributed by atoms with van der Waals surface area (Å²) in [5.74, 6) is 0. The van der Waals surface area contributed by atoms with Gasteiger partial charge in [-0.3, -0.25) is 4.90 Å². The van der Waals surface area contributed by atoms with Gasteiger partial charge in [0.2, 0.25) is 0 Å². The van der Waals surface area contributed by atoms with E-state index in [1.54, 1.807) is 0 Å². The van der Waals surface area contributed by atoms with Crippen molar-refractivity contribution in [1.29, 1.82) is 0 Å². The van der Waals surface area contributed by atoms with Gasteiger partial charge in [0.25, 0.3) is 0 Å². The Hall–Kier alpha value is -0.500. The lowest BCUT2D eigenvalue weighted by Crippen LogP contribution is -3.00. The molecule has 0 aliphatic rings. The van der Waals surface area contributed by atoms with Crippen molar-refractivity contribution < 1.29 is 21.5 Å². The Morgan fingerprint density at radius 1 is 0.606 bits per heavy atom. The molecular formula is C27H32Br4N2. The summed E-state index contributed by atoms with van der Waals surface area (Å²) in [6, 6.07) is 26.1. The second kappa shape index (κ2) is 14.2. The Morgan fingerprint density at radius 2 is 1.00 bits per heavy atom. The van der Waals surface area contributed by atoms with Gasteiger partial charge in [0.1, 0.15) is 6.54 Å². The third-order valence-electron chi connectivity index (χ3n) is 5.65. The Balaban J connectivity index is 0.00000385. The van der Waals surface area contributed by atoms with E-state index in [9.17, 15) is 0 Å². The first-order valence-corrected chi connectivity index (χ1v) is 13.4. The third kappa shape index (κ3) is 10.7. The van der Waals surface area contributed by atoms with Crippen molar-refractivity contribution in [1.82, 2.24) is 4.90 Å². The summed E-state index contributed by atoms with van der Waals surface area (Å²) in [5.41, 5.74) is 4.11. The van der Waals surface area contributed by atoms with Gasteiger partial charge < -0.3 is 21.5 Å². The van der Waals surface area contributed by atoms with Gasteiger partial charge in [-0.15, -0.1) is 0 Å². The van der Waals surface area contributed by atoms with Gasteiger partial charge in [-0.1, -0.05) is 84.2 Å². The summed E-state index contributed by atoms with van der Waals surface area (Å²) in [4.78, 5) is 2.57. The first kappa shape index (κ1) is 28.7. The fourth-order valence-electron chi connectivity index (χ4n) is 3.95. The van der Waals surface area contributed by atoms with Crippen molar-refractivity contribution in [3.8, 4) is 0 Å². The molecule has 0 fully saturated rings. The zero-order valence-electron chi connectivity index (χ0n) is 19.3. The lowest BCUT2D eigenvalue weighted by atomic mass is 10.1. The van der Waals surface area contributed by atoms with E-state index in [2.05, 4.69) is 140 Å². The predicted molar refractivity (Wildman–Crippen MR) is 146 cm³/mol. The second-order valence-corrected chi connectivity index (χ2v) is 11.9. The van der Waals surface area contributed by atoms with Crippen LogP contribution in [0.15, 0.2) is 86.2 Å². The molecule has 0 atom stereocenters. The van der Waals surface area contributed by atoms with Gasteiger partial charge in [-0.25, -0.2) is 0 Å². The molecule has 0 bridgehead atoms. The number of unbranched alkanes of at least 4 members (excludes halogenated alkanes) is 1. The Kier molecular flexibility index (Phi) is 12.3. The fourth-order valence-corrected chi connectivity index (χ4v) is 4.74. The van der Waals surface area contributed by atoms with E-state index in [0.29, 0.717) is 0 Å². The average Bonchev–Trinajstić information content (AvgIpc) is 2.76. The number of nitrogens with zero attached hydrogens (tertiary/aromatic N) is 2. The van der Waals surface area contributed by atoms with Gasteiger partial charge in [0.15, 0.2) is 0 Å². The lowest BCUT2D eigenvalue weighted by Gasteiger charge is -2.30. The molecule has 0 aromatic heterocycles. The molecule has 0 spiro atoms. The van der Waals surface area contributed by atoms with Crippen LogP contribution in [0.5, 0.6) is 0 Å². The topological polar surface area (TPSA) is 3.24 Å². The van der Waals surface area contributed by atoms with Crippen LogP contribution in [0.3, 0.4) is 0 Å². The van der Waals surface area contributed by atoms with Crippen LogP contribution in [0.4, 0.5) is 0 Å². The third-order valence-corrected chi connectivity index (χ3v) is 7.24. The highest BCUT2D eigenvalue weighted by atomic mass is 79.9. The lowest BCUT2D eigenvalue weighted by molar-refractivity contribution is -0.903. The number of hydrogen-bond donors (Lipinski definition) is 0. The molecule has 178 valence electrons. The molecular weight excluding hydrogens is 672 g/mol. The first-order chi connectivity index (χ1) is 15.3. The van der Waals surface area contributed by atoms with Crippen molar-refractivity contribution in [2.24, 2.45) is 0 Å². The number of hydrogen-bond acceptors (Lipinski definition) is 1. The van der Waals surface area contributed by atoms with Crippen LogP contribution >= 0.6 is 47.8 Å². The molecule has 3 aromatic rings. The molecule has 0 amide bonds. The summed E-state index contributed by atoms with van der Waals surface area (Å²) < 4.78 is 4.42. The maximum atomic E-state index is 3.55. The van der Waals surface area contributed by atoms with Crippen LogP contribution in [-0.4, -0.2) is 36.6 Å². The van der Waals surface area contributed by atoms with Crippen LogP contribution in [0.1, 0.15) is 29.5 Å². The minimum atomic E-state index is 0. The molecule has 0 N–H and O–H groups in total. The molecule has 0 aliphatic carbocycles. The summed E-state index contributed by atoms with van der Waals surface area (Å²) in [7, 11) is 4.67. The number of rotatable bonds is 11. The zero-order chi connectivity index (χ0) is 23.0. The van der Waals surface area contributed by atoms with Crippen molar-refractivity contribution >= 4 is 47.8 Å². The van der Waals surface area contributed by atoms with Crippen molar-refractivity contribution in [3.05, 3.63) is 103 Å². The van der Waals surface area contributed by atoms with Gasteiger partial charge >= 0.3 is 0 Å². The van der Waals surface area contributed by atoms with E-state index < -0.39 is 0 Å². The van der Waals surface area contributed by atoms with Crippen LogP contribution in [0.2, 0.25) is 0 Å². The fraction of sp³-hybridized carbons (Fsp3) is 0.333. The quantitative estimate of drug-likeness (QED) is 0.200.